The number of rotatable bonds is 13. The lowest BCUT2D eigenvalue weighted by molar-refractivity contribution is -0.140. The van der Waals surface area contributed by atoms with E-state index in [0.717, 1.165) is 34.2 Å². The number of carbonyl (C=O) groups is 2. The molecule has 0 saturated heterocycles. The van der Waals surface area contributed by atoms with Crippen LogP contribution in [0.3, 0.4) is 0 Å². The van der Waals surface area contributed by atoms with Crippen LogP contribution in [0.15, 0.2) is 108 Å². The molecule has 236 valence electrons. The Labute approximate surface area is 268 Å². The third kappa shape index (κ3) is 8.60. The van der Waals surface area contributed by atoms with Gasteiger partial charge >= 0.3 is 0 Å². The molecule has 7 nitrogen and oxygen atoms in total. The minimum absolute atomic E-state index is 0.0817. The van der Waals surface area contributed by atoms with E-state index in [-0.39, 0.29) is 29.8 Å². The van der Waals surface area contributed by atoms with Gasteiger partial charge in [-0.1, -0.05) is 103 Å². The first kappa shape index (κ1) is 33.5. The molecule has 2 amide bonds. The van der Waals surface area contributed by atoms with Crippen molar-refractivity contribution in [3.8, 4) is 0 Å². The molecular formula is C37H43N3O4S. The van der Waals surface area contributed by atoms with Crippen molar-refractivity contribution in [1.29, 1.82) is 0 Å². The van der Waals surface area contributed by atoms with E-state index >= 15 is 0 Å². The van der Waals surface area contributed by atoms with E-state index in [1.807, 2.05) is 101 Å². The molecule has 8 heteroatoms. The van der Waals surface area contributed by atoms with E-state index in [9.17, 15) is 18.0 Å². The van der Waals surface area contributed by atoms with Gasteiger partial charge in [0.05, 0.1) is 10.6 Å². The lowest BCUT2D eigenvalue weighted by atomic mass is 10.0. The molecule has 0 aromatic heterocycles. The van der Waals surface area contributed by atoms with Gasteiger partial charge in [0.15, 0.2) is 0 Å². The van der Waals surface area contributed by atoms with Crippen LogP contribution in [0.5, 0.6) is 0 Å². The second kappa shape index (κ2) is 15.0. The van der Waals surface area contributed by atoms with Crippen LogP contribution in [-0.2, 0) is 32.6 Å². The summed E-state index contributed by atoms with van der Waals surface area (Å²) in [6.45, 7) is 9.33. The van der Waals surface area contributed by atoms with E-state index in [1.54, 1.807) is 24.3 Å². The van der Waals surface area contributed by atoms with Crippen LogP contribution in [0.25, 0.3) is 0 Å². The zero-order chi connectivity index (χ0) is 32.6. The van der Waals surface area contributed by atoms with Crippen molar-refractivity contribution >= 4 is 27.5 Å². The van der Waals surface area contributed by atoms with E-state index in [1.165, 1.54) is 21.3 Å². The highest BCUT2D eigenvalue weighted by Gasteiger charge is 2.35. The maximum absolute atomic E-state index is 14.6. The normalized spacial score (nSPS) is 12.6. The number of sulfonamides is 1. The first-order valence-corrected chi connectivity index (χ1v) is 16.8. The van der Waals surface area contributed by atoms with Crippen LogP contribution in [-0.4, -0.2) is 43.8 Å². The zero-order valence-electron chi connectivity index (χ0n) is 26.7. The maximum Gasteiger partial charge on any atom is 0.264 e. The summed E-state index contributed by atoms with van der Waals surface area (Å²) in [5.41, 5.74) is 4.92. The maximum atomic E-state index is 14.6. The van der Waals surface area contributed by atoms with Crippen LogP contribution in [0.4, 0.5) is 5.69 Å². The number of anilines is 1. The highest BCUT2D eigenvalue weighted by molar-refractivity contribution is 7.92. The second-order valence-electron chi connectivity index (χ2n) is 11.6. The molecule has 0 aliphatic rings. The van der Waals surface area contributed by atoms with Gasteiger partial charge in [-0.05, 0) is 69.0 Å². The van der Waals surface area contributed by atoms with Crippen LogP contribution in [0, 0.1) is 20.8 Å². The summed E-state index contributed by atoms with van der Waals surface area (Å²) in [6.07, 6.45) is 1.00. The van der Waals surface area contributed by atoms with Gasteiger partial charge in [0.1, 0.15) is 12.6 Å². The Morgan fingerprint density at radius 1 is 0.778 bits per heavy atom. The SMILES string of the molecule is CCC(C)NC(=O)C(Cc1ccccc1)N(Cc1ccc(C)cc1)C(=O)CN(c1ccc(C)cc1C)S(=O)(=O)c1ccccc1. The van der Waals surface area contributed by atoms with Gasteiger partial charge in [0.2, 0.25) is 11.8 Å². The number of aryl methyl sites for hydroxylation is 3. The fraction of sp³-hybridized carbons (Fsp3) is 0.297. The number of amides is 2. The average molecular weight is 626 g/mol. The van der Waals surface area contributed by atoms with Crippen molar-refractivity contribution < 1.29 is 18.0 Å². The van der Waals surface area contributed by atoms with Gasteiger partial charge in [-0.15, -0.1) is 0 Å². The minimum Gasteiger partial charge on any atom is -0.352 e. The molecular weight excluding hydrogens is 582 g/mol. The highest BCUT2D eigenvalue weighted by Crippen LogP contribution is 2.28. The van der Waals surface area contributed by atoms with Gasteiger partial charge in [0, 0.05) is 19.0 Å². The Kier molecular flexibility index (Phi) is 11.2. The fourth-order valence-electron chi connectivity index (χ4n) is 5.20. The standard InChI is InChI=1S/C37H43N3O4S/c1-6-30(5)38-37(42)35(24-31-13-9-7-10-14-31)39(25-32-20-17-27(2)18-21-32)36(41)26-40(34-22-19-28(3)23-29(34)4)45(43,44)33-15-11-8-12-16-33/h7-23,30,35H,6,24-26H2,1-5H3,(H,38,42). The average Bonchev–Trinajstić information content (AvgIpc) is 3.03. The second-order valence-corrected chi connectivity index (χ2v) is 13.5. The number of nitrogens with one attached hydrogen (secondary N) is 1. The number of benzene rings is 4. The van der Waals surface area contributed by atoms with Crippen molar-refractivity contribution in [3.05, 3.63) is 131 Å². The lowest BCUT2D eigenvalue weighted by Crippen LogP contribution is -2.54. The molecule has 0 radical (unpaired) electrons. The van der Waals surface area contributed by atoms with Crippen LogP contribution >= 0.6 is 0 Å². The predicted octanol–water partition coefficient (Wildman–Crippen LogP) is 6.36. The molecule has 0 fully saturated rings. The molecule has 0 saturated carbocycles. The molecule has 0 heterocycles. The third-order valence-electron chi connectivity index (χ3n) is 7.98. The van der Waals surface area contributed by atoms with E-state index in [4.69, 9.17) is 0 Å². The summed E-state index contributed by atoms with van der Waals surface area (Å²) in [5, 5.41) is 3.07. The molecule has 45 heavy (non-hydrogen) atoms. The van der Waals surface area contributed by atoms with Crippen molar-refractivity contribution in [1.82, 2.24) is 10.2 Å². The molecule has 4 aromatic rings. The number of carbonyl (C=O) groups excluding carboxylic acids is 2. The summed E-state index contributed by atoms with van der Waals surface area (Å²) in [5.74, 6) is -0.757. The van der Waals surface area contributed by atoms with Gasteiger partial charge in [0.25, 0.3) is 10.0 Å². The van der Waals surface area contributed by atoms with Gasteiger partial charge in [-0.25, -0.2) is 8.42 Å². The number of nitrogens with zero attached hydrogens (tertiary/aromatic N) is 2. The fourth-order valence-corrected chi connectivity index (χ4v) is 6.70. The van der Waals surface area contributed by atoms with Crippen LogP contribution < -0.4 is 9.62 Å². The smallest absolute Gasteiger partial charge is 0.264 e. The van der Waals surface area contributed by atoms with Crippen LogP contribution in [0.2, 0.25) is 0 Å². The first-order chi connectivity index (χ1) is 21.5. The lowest BCUT2D eigenvalue weighted by Gasteiger charge is -2.34. The Hall–Kier alpha value is -4.43. The molecule has 0 bridgehead atoms. The van der Waals surface area contributed by atoms with Gasteiger partial charge in [-0.2, -0.15) is 0 Å². The highest BCUT2D eigenvalue weighted by atomic mass is 32.2. The summed E-state index contributed by atoms with van der Waals surface area (Å²) in [6, 6.07) is 30.0. The summed E-state index contributed by atoms with van der Waals surface area (Å²) < 4.78 is 29.5. The molecule has 4 aromatic carbocycles. The molecule has 0 aliphatic heterocycles. The molecule has 0 spiro atoms. The summed E-state index contributed by atoms with van der Waals surface area (Å²) >= 11 is 0. The van der Waals surface area contributed by atoms with Crippen molar-refractivity contribution in [2.45, 2.75) is 71.0 Å². The number of hydrogen-bond donors (Lipinski definition) is 1. The monoisotopic (exact) mass is 625 g/mol. The van der Waals surface area contributed by atoms with Gasteiger partial charge in [-0.3, -0.25) is 13.9 Å². The van der Waals surface area contributed by atoms with Crippen LogP contribution in [0.1, 0.15) is 48.1 Å². The van der Waals surface area contributed by atoms with Crippen molar-refractivity contribution in [2.24, 2.45) is 0 Å². The zero-order valence-corrected chi connectivity index (χ0v) is 27.6. The Morgan fingerprint density at radius 3 is 1.98 bits per heavy atom. The summed E-state index contributed by atoms with van der Waals surface area (Å²) in [7, 11) is -4.14. The number of hydrogen-bond acceptors (Lipinski definition) is 4. The predicted molar refractivity (Wildman–Crippen MR) is 180 cm³/mol. The molecule has 2 atom stereocenters. The Balaban J connectivity index is 1.82. The summed E-state index contributed by atoms with van der Waals surface area (Å²) in [4.78, 5) is 30.1. The first-order valence-electron chi connectivity index (χ1n) is 15.3. The molecule has 2 unspecified atom stereocenters. The minimum atomic E-state index is -4.14. The van der Waals surface area contributed by atoms with Gasteiger partial charge < -0.3 is 10.2 Å². The van der Waals surface area contributed by atoms with Crippen molar-refractivity contribution in [2.75, 3.05) is 10.8 Å². The van der Waals surface area contributed by atoms with E-state index in [0.29, 0.717) is 5.69 Å². The molecule has 4 rings (SSSR count). The largest absolute Gasteiger partial charge is 0.352 e. The van der Waals surface area contributed by atoms with Crippen molar-refractivity contribution in [3.63, 3.8) is 0 Å². The Bertz CT molecular complexity index is 1690. The van der Waals surface area contributed by atoms with E-state index in [2.05, 4.69) is 5.32 Å². The Morgan fingerprint density at radius 2 is 1.38 bits per heavy atom. The molecule has 1 N–H and O–H groups in total. The van der Waals surface area contributed by atoms with E-state index < -0.39 is 28.5 Å². The quantitative estimate of drug-likeness (QED) is 0.187. The molecule has 0 aliphatic carbocycles. The topological polar surface area (TPSA) is 86.8 Å². The third-order valence-corrected chi connectivity index (χ3v) is 9.75.